The van der Waals surface area contributed by atoms with Crippen LogP contribution in [0.15, 0.2) is 24.3 Å². The van der Waals surface area contributed by atoms with Crippen molar-refractivity contribution >= 4 is 40.0 Å². The van der Waals surface area contributed by atoms with Gasteiger partial charge in [0.25, 0.3) is 5.91 Å². The van der Waals surface area contributed by atoms with E-state index in [0.29, 0.717) is 5.69 Å². The quantitative estimate of drug-likeness (QED) is 0.408. The van der Waals surface area contributed by atoms with Gasteiger partial charge in [-0.3, -0.25) is 9.89 Å². The molecule has 31 heavy (non-hydrogen) atoms. The highest BCUT2D eigenvalue weighted by Gasteiger charge is 2.24. The lowest BCUT2D eigenvalue weighted by atomic mass is 9.91. The van der Waals surface area contributed by atoms with E-state index in [0.717, 1.165) is 48.5 Å². The predicted octanol–water partition coefficient (Wildman–Crippen LogP) is 2.69. The van der Waals surface area contributed by atoms with Gasteiger partial charge in [-0.25, -0.2) is 9.37 Å². The van der Waals surface area contributed by atoms with Crippen molar-refractivity contribution < 1.29 is 9.18 Å². The average molecular weight is 427 g/mol. The van der Waals surface area contributed by atoms with Crippen LogP contribution in [0.1, 0.15) is 36.0 Å². The molecule has 1 aliphatic carbocycles. The molecule has 164 valence electrons. The van der Waals surface area contributed by atoms with Crippen LogP contribution in [0.5, 0.6) is 0 Å². The number of aromatic nitrogens is 3. The van der Waals surface area contributed by atoms with Crippen LogP contribution in [0.2, 0.25) is 0 Å². The Morgan fingerprint density at radius 1 is 1.23 bits per heavy atom. The molecule has 2 heterocycles. The Kier molecular flexibility index (Phi) is 5.64. The standard InChI is InChI=1S/C21H27FN8O/c1-30(2)21-12-9-11(7-8-16(12)28-29-21)25-19-13(18(24)31)10-14(22)20(27-19)26-17-6-4-3-5-15(17)23/h7-10,15,17H,3-6,23H2,1-2H3,(H2,24,31)(H,28,29)(H2,25,26,27)/t15-,17+/m0/s1. The molecule has 2 atom stereocenters. The monoisotopic (exact) mass is 426 g/mol. The zero-order valence-electron chi connectivity index (χ0n) is 17.6. The van der Waals surface area contributed by atoms with Crippen molar-refractivity contribution in [3.8, 4) is 0 Å². The summed E-state index contributed by atoms with van der Waals surface area (Å²) in [6.07, 6.45) is 3.81. The Balaban J connectivity index is 1.68. The van der Waals surface area contributed by atoms with E-state index >= 15 is 0 Å². The number of pyridine rings is 1. The third-order valence-corrected chi connectivity index (χ3v) is 5.61. The number of nitrogens with one attached hydrogen (secondary N) is 3. The number of amides is 1. The van der Waals surface area contributed by atoms with Gasteiger partial charge in [-0.05, 0) is 37.1 Å². The number of fused-ring (bicyclic) bond motifs is 1. The first-order valence-electron chi connectivity index (χ1n) is 10.3. The molecule has 0 saturated heterocycles. The fourth-order valence-electron chi connectivity index (χ4n) is 3.94. The van der Waals surface area contributed by atoms with Crippen LogP contribution >= 0.6 is 0 Å². The van der Waals surface area contributed by atoms with Crippen molar-refractivity contribution in [2.75, 3.05) is 29.6 Å². The zero-order valence-corrected chi connectivity index (χ0v) is 17.6. The minimum absolute atomic E-state index is 0.0314. The van der Waals surface area contributed by atoms with E-state index in [-0.39, 0.29) is 29.3 Å². The number of hydrogen-bond acceptors (Lipinski definition) is 7. The highest BCUT2D eigenvalue weighted by Crippen LogP contribution is 2.30. The fourth-order valence-corrected chi connectivity index (χ4v) is 3.94. The summed E-state index contributed by atoms with van der Waals surface area (Å²) in [6, 6.07) is 6.53. The van der Waals surface area contributed by atoms with Gasteiger partial charge in [0, 0.05) is 37.3 Å². The molecule has 1 aromatic carbocycles. The Hall–Kier alpha value is -3.40. The molecular weight excluding hydrogens is 399 g/mol. The third-order valence-electron chi connectivity index (χ3n) is 5.61. The number of primary amides is 1. The maximum atomic E-state index is 14.7. The molecule has 0 bridgehead atoms. The predicted molar refractivity (Wildman–Crippen MR) is 120 cm³/mol. The number of nitrogens with zero attached hydrogens (tertiary/aromatic N) is 3. The van der Waals surface area contributed by atoms with Crippen molar-refractivity contribution in [1.82, 2.24) is 15.2 Å². The third kappa shape index (κ3) is 4.24. The molecule has 1 saturated carbocycles. The van der Waals surface area contributed by atoms with Gasteiger partial charge >= 0.3 is 0 Å². The minimum atomic E-state index is -0.770. The van der Waals surface area contributed by atoms with Crippen molar-refractivity contribution in [3.63, 3.8) is 0 Å². The molecule has 4 rings (SSSR count). The second-order valence-corrected chi connectivity index (χ2v) is 8.11. The van der Waals surface area contributed by atoms with E-state index in [2.05, 4.69) is 25.8 Å². The molecular formula is C21H27FN8O. The summed E-state index contributed by atoms with van der Waals surface area (Å²) < 4.78 is 14.7. The Morgan fingerprint density at radius 2 is 2.00 bits per heavy atom. The number of halogens is 1. The summed E-state index contributed by atoms with van der Waals surface area (Å²) in [6.45, 7) is 0. The number of benzene rings is 1. The highest BCUT2D eigenvalue weighted by atomic mass is 19.1. The second kappa shape index (κ2) is 8.38. The second-order valence-electron chi connectivity index (χ2n) is 8.11. The summed E-state index contributed by atoms with van der Waals surface area (Å²) in [7, 11) is 3.80. The number of rotatable bonds is 6. The molecule has 1 fully saturated rings. The van der Waals surface area contributed by atoms with Crippen LogP contribution in [0.25, 0.3) is 10.9 Å². The number of aromatic amines is 1. The molecule has 10 heteroatoms. The van der Waals surface area contributed by atoms with Gasteiger partial charge in [-0.1, -0.05) is 12.8 Å². The van der Waals surface area contributed by atoms with Crippen molar-refractivity contribution in [2.45, 2.75) is 37.8 Å². The van der Waals surface area contributed by atoms with Crippen molar-refractivity contribution in [3.05, 3.63) is 35.6 Å². The van der Waals surface area contributed by atoms with Crippen molar-refractivity contribution in [1.29, 1.82) is 0 Å². The van der Waals surface area contributed by atoms with Crippen LogP contribution in [-0.2, 0) is 0 Å². The number of H-pyrrole nitrogens is 1. The summed E-state index contributed by atoms with van der Waals surface area (Å²) in [5.74, 6) is -0.414. The molecule has 0 aliphatic heterocycles. The van der Waals surface area contributed by atoms with Crippen LogP contribution in [-0.4, -0.2) is 47.3 Å². The molecule has 1 amide bonds. The number of anilines is 4. The molecule has 3 aromatic rings. The fraction of sp³-hybridized carbons (Fsp3) is 0.381. The smallest absolute Gasteiger partial charge is 0.252 e. The zero-order chi connectivity index (χ0) is 22.1. The van der Waals surface area contributed by atoms with E-state index in [4.69, 9.17) is 11.5 Å². The lowest BCUT2D eigenvalue weighted by Crippen LogP contribution is -2.43. The van der Waals surface area contributed by atoms with Gasteiger partial charge < -0.3 is 27.0 Å². The first-order chi connectivity index (χ1) is 14.8. The normalized spacial score (nSPS) is 18.7. The van der Waals surface area contributed by atoms with Crippen molar-refractivity contribution in [2.24, 2.45) is 11.5 Å². The van der Waals surface area contributed by atoms with Gasteiger partial charge in [0.05, 0.1) is 11.1 Å². The van der Waals surface area contributed by atoms with Crippen LogP contribution in [0.3, 0.4) is 0 Å². The number of hydrogen-bond donors (Lipinski definition) is 5. The van der Waals surface area contributed by atoms with E-state index in [1.807, 2.05) is 37.2 Å². The van der Waals surface area contributed by atoms with Gasteiger partial charge in [-0.15, -0.1) is 0 Å². The largest absolute Gasteiger partial charge is 0.365 e. The first-order valence-corrected chi connectivity index (χ1v) is 10.3. The van der Waals surface area contributed by atoms with Crippen LogP contribution in [0.4, 0.5) is 27.5 Å². The molecule has 1 aliphatic rings. The average Bonchev–Trinajstić information content (AvgIpc) is 3.15. The Labute approximate surface area is 179 Å². The molecule has 0 radical (unpaired) electrons. The lowest BCUT2D eigenvalue weighted by Gasteiger charge is -2.30. The number of carbonyl (C=O) groups excluding carboxylic acids is 1. The molecule has 2 aromatic heterocycles. The highest BCUT2D eigenvalue weighted by molar-refractivity contribution is 5.99. The van der Waals surface area contributed by atoms with Gasteiger partial charge in [0.1, 0.15) is 5.82 Å². The van der Waals surface area contributed by atoms with Crippen LogP contribution in [0, 0.1) is 5.82 Å². The lowest BCUT2D eigenvalue weighted by molar-refractivity contribution is 0.100. The number of carbonyl (C=O) groups is 1. The maximum absolute atomic E-state index is 14.7. The molecule has 0 spiro atoms. The number of nitrogens with two attached hydrogens (primary N) is 2. The summed E-state index contributed by atoms with van der Waals surface area (Å²) in [5.41, 5.74) is 13.2. The summed E-state index contributed by atoms with van der Waals surface area (Å²) in [4.78, 5) is 18.2. The minimum Gasteiger partial charge on any atom is -0.365 e. The maximum Gasteiger partial charge on any atom is 0.252 e. The Morgan fingerprint density at radius 3 is 2.71 bits per heavy atom. The Bertz CT molecular complexity index is 1110. The van der Waals surface area contributed by atoms with Gasteiger partial charge in [0.15, 0.2) is 17.5 Å². The first kappa shape index (κ1) is 20.9. The van der Waals surface area contributed by atoms with Crippen LogP contribution < -0.4 is 27.0 Å². The van der Waals surface area contributed by atoms with E-state index in [1.54, 1.807) is 0 Å². The van der Waals surface area contributed by atoms with E-state index in [1.165, 1.54) is 0 Å². The molecule has 9 nitrogen and oxygen atoms in total. The SMILES string of the molecule is CN(C)c1n[nH]c2ccc(Nc3nc(N[C@@H]4CCCC[C@@H]4N)c(F)cc3C(N)=O)cc12. The topological polar surface area (TPSA) is 138 Å². The summed E-state index contributed by atoms with van der Waals surface area (Å²) >= 11 is 0. The summed E-state index contributed by atoms with van der Waals surface area (Å²) in [5, 5.41) is 14.4. The van der Waals surface area contributed by atoms with E-state index < -0.39 is 11.7 Å². The van der Waals surface area contributed by atoms with Gasteiger partial charge in [-0.2, -0.15) is 5.10 Å². The molecule has 0 unspecified atom stereocenters. The van der Waals surface area contributed by atoms with E-state index in [9.17, 15) is 9.18 Å². The molecule has 7 N–H and O–H groups in total. The van der Waals surface area contributed by atoms with Gasteiger partial charge in [0.2, 0.25) is 0 Å².